The lowest BCUT2D eigenvalue weighted by molar-refractivity contribution is 0.0953. The zero-order chi connectivity index (χ0) is 22.9. The highest BCUT2D eigenvalue weighted by molar-refractivity contribution is 6.06. The van der Waals surface area contributed by atoms with E-state index in [0.717, 1.165) is 41.7 Å². The van der Waals surface area contributed by atoms with Gasteiger partial charge < -0.3 is 9.88 Å². The summed E-state index contributed by atoms with van der Waals surface area (Å²) in [6.45, 7) is 2.71. The third-order valence-electron chi connectivity index (χ3n) is 6.05. The number of rotatable bonds is 1. The molecule has 1 atom stereocenters. The van der Waals surface area contributed by atoms with Crippen LogP contribution in [0.2, 0.25) is 0 Å². The molecule has 0 saturated carbocycles. The molecule has 2 N–H and O–H groups in total. The number of fused-ring (bicyclic) bond motifs is 5. The molecule has 2 aromatic carbocycles. The van der Waals surface area contributed by atoms with Gasteiger partial charge in [-0.2, -0.15) is 5.10 Å². The number of nitrogens with zero attached hydrogens (tertiary/aromatic N) is 5. The molecule has 0 saturated heterocycles. The SMILES string of the molecule is CC1CCCCNC(=O)c2cccc(c2)C(=O)Nc2nc3cccc(-c4ncnn4C)c3n21. The van der Waals surface area contributed by atoms with Crippen LogP contribution in [0.15, 0.2) is 48.8 Å². The van der Waals surface area contributed by atoms with Gasteiger partial charge in [0.05, 0.1) is 11.0 Å². The maximum absolute atomic E-state index is 13.1. The summed E-state index contributed by atoms with van der Waals surface area (Å²) in [6, 6.07) is 12.7. The van der Waals surface area contributed by atoms with Gasteiger partial charge in [-0.1, -0.05) is 12.1 Å². The lowest BCUT2D eigenvalue weighted by atomic mass is 10.1. The fourth-order valence-electron chi connectivity index (χ4n) is 4.36. The summed E-state index contributed by atoms with van der Waals surface area (Å²) < 4.78 is 3.82. The zero-order valence-electron chi connectivity index (χ0n) is 18.6. The van der Waals surface area contributed by atoms with E-state index in [-0.39, 0.29) is 17.9 Å². The third kappa shape index (κ3) is 3.86. The fourth-order valence-corrected chi connectivity index (χ4v) is 4.36. The minimum absolute atomic E-state index is 0.0599. The predicted molar refractivity (Wildman–Crippen MR) is 125 cm³/mol. The molecule has 5 rings (SSSR count). The average Bonchev–Trinajstić information content (AvgIpc) is 3.41. The van der Waals surface area contributed by atoms with Crippen LogP contribution in [0.25, 0.3) is 22.4 Å². The highest BCUT2D eigenvalue weighted by atomic mass is 16.2. The molecule has 2 aromatic heterocycles. The normalized spacial score (nSPS) is 17.2. The molecule has 4 aromatic rings. The quantitative estimate of drug-likeness (QED) is 0.468. The van der Waals surface area contributed by atoms with Crippen molar-refractivity contribution in [2.45, 2.75) is 32.2 Å². The minimum atomic E-state index is -0.314. The van der Waals surface area contributed by atoms with Crippen LogP contribution in [0.3, 0.4) is 0 Å². The summed E-state index contributed by atoms with van der Waals surface area (Å²) in [5.41, 5.74) is 3.45. The highest BCUT2D eigenvalue weighted by Gasteiger charge is 2.23. The van der Waals surface area contributed by atoms with Crippen molar-refractivity contribution in [1.29, 1.82) is 0 Å². The van der Waals surface area contributed by atoms with Crippen LogP contribution in [0.4, 0.5) is 5.95 Å². The molecule has 3 heterocycles. The predicted octanol–water partition coefficient (Wildman–Crippen LogP) is 3.56. The van der Waals surface area contributed by atoms with E-state index in [9.17, 15) is 9.59 Å². The van der Waals surface area contributed by atoms with E-state index < -0.39 is 0 Å². The van der Waals surface area contributed by atoms with Crippen molar-refractivity contribution in [3.8, 4) is 11.4 Å². The first kappa shape index (κ1) is 20.9. The number of hydrogen-bond acceptors (Lipinski definition) is 5. The number of hydrogen-bond donors (Lipinski definition) is 2. The summed E-state index contributed by atoms with van der Waals surface area (Å²) in [6.07, 6.45) is 4.17. The second kappa shape index (κ2) is 8.50. The topological polar surface area (TPSA) is 107 Å². The zero-order valence-corrected chi connectivity index (χ0v) is 18.6. The Morgan fingerprint density at radius 3 is 2.61 bits per heavy atom. The van der Waals surface area contributed by atoms with Gasteiger partial charge >= 0.3 is 0 Å². The van der Waals surface area contributed by atoms with Crippen LogP contribution in [-0.4, -0.2) is 42.7 Å². The first-order valence-corrected chi connectivity index (χ1v) is 11.1. The molecule has 1 aliphatic rings. The maximum Gasteiger partial charge on any atom is 0.257 e. The van der Waals surface area contributed by atoms with Gasteiger partial charge in [0, 0.05) is 36.3 Å². The van der Waals surface area contributed by atoms with Crippen LogP contribution < -0.4 is 10.6 Å². The second-order valence-electron chi connectivity index (χ2n) is 8.32. The van der Waals surface area contributed by atoms with E-state index in [2.05, 4.69) is 32.2 Å². The van der Waals surface area contributed by atoms with Gasteiger partial charge in [0.25, 0.3) is 11.8 Å². The van der Waals surface area contributed by atoms with Crippen LogP contribution in [-0.2, 0) is 7.05 Å². The van der Waals surface area contributed by atoms with Crippen LogP contribution in [0, 0.1) is 0 Å². The molecule has 9 heteroatoms. The third-order valence-corrected chi connectivity index (χ3v) is 6.05. The minimum Gasteiger partial charge on any atom is -0.352 e. The van der Waals surface area contributed by atoms with E-state index in [1.165, 1.54) is 6.33 Å². The molecule has 1 unspecified atom stereocenters. The van der Waals surface area contributed by atoms with Crippen molar-refractivity contribution in [2.24, 2.45) is 7.05 Å². The highest BCUT2D eigenvalue weighted by Crippen LogP contribution is 2.34. The molecule has 1 aliphatic heterocycles. The summed E-state index contributed by atoms with van der Waals surface area (Å²) in [4.78, 5) is 34.8. The largest absolute Gasteiger partial charge is 0.352 e. The molecular weight excluding hydrogens is 418 g/mol. The number of amides is 2. The van der Waals surface area contributed by atoms with Crippen molar-refractivity contribution < 1.29 is 9.59 Å². The molecule has 0 aliphatic carbocycles. The molecular formula is C24H25N7O2. The maximum atomic E-state index is 13.1. The lowest BCUT2D eigenvalue weighted by Gasteiger charge is -2.20. The fraction of sp³-hybridized carbons (Fsp3) is 0.292. The van der Waals surface area contributed by atoms with Gasteiger partial charge in [0.15, 0.2) is 5.82 Å². The van der Waals surface area contributed by atoms with Gasteiger partial charge in [-0.3, -0.25) is 14.9 Å². The summed E-state index contributed by atoms with van der Waals surface area (Å²) in [7, 11) is 1.85. The Labute approximate surface area is 190 Å². The molecule has 2 amide bonds. The van der Waals surface area contributed by atoms with Crippen LogP contribution in [0.1, 0.15) is 52.9 Å². The number of aryl methyl sites for hydroxylation is 1. The Bertz CT molecular complexity index is 1350. The Balaban J connectivity index is 1.66. The van der Waals surface area contributed by atoms with Crippen molar-refractivity contribution in [3.05, 3.63) is 59.9 Å². The van der Waals surface area contributed by atoms with E-state index >= 15 is 0 Å². The van der Waals surface area contributed by atoms with Crippen molar-refractivity contribution in [3.63, 3.8) is 0 Å². The number of carbonyl (C=O) groups is 2. The monoisotopic (exact) mass is 443 g/mol. The number of carbonyl (C=O) groups excluding carboxylic acids is 2. The van der Waals surface area contributed by atoms with E-state index in [1.807, 2.05) is 25.2 Å². The number of anilines is 1. The number of aromatic nitrogens is 5. The molecule has 33 heavy (non-hydrogen) atoms. The Hall–Kier alpha value is -4.01. The van der Waals surface area contributed by atoms with Crippen molar-refractivity contribution in [2.75, 3.05) is 11.9 Å². The second-order valence-corrected chi connectivity index (χ2v) is 8.32. The number of benzene rings is 2. The first-order valence-electron chi connectivity index (χ1n) is 11.1. The summed E-state index contributed by atoms with van der Waals surface area (Å²) in [5, 5.41) is 10.2. The smallest absolute Gasteiger partial charge is 0.257 e. The van der Waals surface area contributed by atoms with E-state index in [0.29, 0.717) is 23.6 Å². The Morgan fingerprint density at radius 1 is 1.03 bits per heavy atom. The van der Waals surface area contributed by atoms with E-state index in [1.54, 1.807) is 28.9 Å². The van der Waals surface area contributed by atoms with E-state index in [4.69, 9.17) is 4.98 Å². The van der Waals surface area contributed by atoms with Crippen LogP contribution >= 0.6 is 0 Å². The van der Waals surface area contributed by atoms with Gasteiger partial charge in [0.1, 0.15) is 6.33 Å². The molecule has 0 fully saturated rings. The lowest BCUT2D eigenvalue weighted by Crippen LogP contribution is -2.25. The summed E-state index contributed by atoms with van der Waals surface area (Å²) >= 11 is 0. The first-order chi connectivity index (χ1) is 16.0. The molecule has 2 bridgehead atoms. The molecule has 0 spiro atoms. The van der Waals surface area contributed by atoms with Crippen LogP contribution in [0.5, 0.6) is 0 Å². The summed E-state index contributed by atoms with van der Waals surface area (Å²) in [5.74, 6) is 0.724. The Morgan fingerprint density at radius 2 is 1.82 bits per heavy atom. The number of para-hydroxylation sites is 1. The molecule has 0 radical (unpaired) electrons. The van der Waals surface area contributed by atoms with Crippen molar-refractivity contribution >= 4 is 28.8 Å². The Kier molecular flexibility index (Phi) is 5.37. The number of nitrogens with one attached hydrogen (secondary N) is 2. The van der Waals surface area contributed by atoms with Crippen molar-refractivity contribution in [1.82, 2.24) is 29.6 Å². The molecule has 9 nitrogen and oxygen atoms in total. The number of imidazole rings is 1. The standard InChI is InChI=1S/C24H25N7O2/c1-15-7-3-4-12-25-22(32)16-8-5-9-17(13-16)23(33)29-24-28-19-11-6-10-18(20(19)31(15)24)21-26-14-27-30(21)2/h5-6,8-11,13-15H,3-4,7,12H2,1-2H3,(H,25,32)(H,28,29,33). The van der Waals surface area contributed by atoms with Gasteiger partial charge in [-0.05, 0) is 56.5 Å². The van der Waals surface area contributed by atoms with Gasteiger partial charge in [-0.25, -0.2) is 14.6 Å². The van der Waals surface area contributed by atoms with Gasteiger partial charge in [0.2, 0.25) is 5.95 Å². The molecule has 168 valence electrons. The average molecular weight is 444 g/mol. The van der Waals surface area contributed by atoms with Gasteiger partial charge in [-0.15, -0.1) is 0 Å².